The van der Waals surface area contributed by atoms with Crippen molar-refractivity contribution in [1.29, 1.82) is 0 Å². The van der Waals surface area contributed by atoms with E-state index in [1.54, 1.807) is 0 Å². The van der Waals surface area contributed by atoms with Crippen LogP contribution in [0.15, 0.2) is 28.8 Å². The molecular weight excluding hydrogens is 278 g/mol. The van der Waals surface area contributed by atoms with Gasteiger partial charge in [0.1, 0.15) is 5.75 Å². The summed E-state index contributed by atoms with van der Waals surface area (Å²) >= 11 is 0. The number of para-hydroxylation sites is 1. The third kappa shape index (κ3) is 2.29. The molecule has 5 heteroatoms. The zero-order valence-corrected chi connectivity index (χ0v) is 12.6. The molecular formula is C17H21N3O2. The van der Waals surface area contributed by atoms with Crippen LogP contribution in [0.2, 0.25) is 0 Å². The van der Waals surface area contributed by atoms with Gasteiger partial charge in [0.15, 0.2) is 5.82 Å². The molecule has 2 heterocycles. The van der Waals surface area contributed by atoms with Crippen molar-refractivity contribution >= 4 is 0 Å². The highest BCUT2D eigenvalue weighted by Crippen LogP contribution is 2.39. The van der Waals surface area contributed by atoms with Crippen LogP contribution in [0.3, 0.4) is 0 Å². The molecule has 116 valence electrons. The molecule has 1 saturated carbocycles. The van der Waals surface area contributed by atoms with Gasteiger partial charge in [0.05, 0.1) is 18.1 Å². The Bertz CT molecular complexity index is 661. The number of benzene rings is 1. The average molecular weight is 299 g/mol. The van der Waals surface area contributed by atoms with Crippen LogP contribution in [0.25, 0.3) is 0 Å². The van der Waals surface area contributed by atoms with Crippen LogP contribution in [0, 0.1) is 0 Å². The molecule has 0 bridgehead atoms. The van der Waals surface area contributed by atoms with E-state index >= 15 is 0 Å². The fraction of sp³-hybridized carbons (Fsp3) is 0.529. The van der Waals surface area contributed by atoms with Gasteiger partial charge in [0.25, 0.3) is 0 Å². The smallest absolute Gasteiger partial charge is 0.234 e. The standard InChI is InChI=1S/C17H21N3O2/c18-17(9-4-1-5-10-17)16-19-15(22-20-16)13-8-11-21-14-7-3-2-6-12(13)14/h2-3,6-7,13H,1,4-5,8-11,18H2. The summed E-state index contributed by atoms with van der Waals surface area (Å²) in [5.41, 5.74) is 7.22. The first-order valence-electron chi connectivity index (χ1n) is 8.11. The Morgan fingerprint density at radius 1 is 1.14 bits per heavy atom. The van der Waals surface area contributed by atoms with E-state index in [0.717, 1.165) is 43.4 Å². The summed E-state index contributed by atoms with van der Waals surface area (Å²) in [6.07, 6.45) is 6.26. The predicted octanol–water partition coefficient (Wildman–Crippen LogP) is 3.10. The monoisotopic (exact) mass is 299 g/mol. The Morgan fingerprint density at radius 3 is 2.82 bits per heavy atom. The number of hydrogen-bond acceptors (Lipinski definition) is 5. The lowest BCUT2D eigenvalue weighted by atomic mass is 9.82. The van der Waals surface area contributed by atoms with Crippen LogP contribution in [-0.2, 0) is 5.54 Å². The summed E-state index contributed by atoms with van der Waals surface area (Å²) in [6, 6.07) is 8.06. The molecule has 0 spiro atoms. The molecule has 1 atom stereocenters. The Labute approximate surface area is 129 Å². The lowest BCUT2D eigenvalue weighted by molar-refractivity contribution is 0.252. The molecule has 2 N–H and O–H groups in total. The van der Waals surface area contributed by atoms with Crippen molar-refractivity contribution in [1.82, 2.24) is 10.1 Å². The number of hydrogen-bond donors (Lipinski definition) is 1. The van der Waals surface area contributed by atoms with Gasteiger partial charge in [-0.15, -0.1) is 0 Å². The summed E-state index contributed by atoms with van der Waals surface area (Å²) in [6.45, 7) is 0.674. The van der Waals surface area contributed by atoms with Crippen LogP contribution in [0.4, 0.5) is 0 Å². The third-order valence-electron chi connectivity index (χ3n) is 4.89. The van der Waals surface area contributed by atoms with Gasteiger partial charge >= 0.3 is 0 Å². The summed E-state index contributed by atoms with van der Waals surface area (Å²) in [5, 5.41) is 4.21. The largest absolute Gasteiger partial charge is 0.493 e. The minimum atomic E-state index is -0.412. The number of ether oxygens (including phenoxy) is 1. The average Bonchev–Trinajstić information content (AvgIpc) is 3.06. The second-order valence-corrected chi connectivity index (χ2v) is 6.40. The maximum Gasteiger partial charge on any atom is 0.234 e. The molecule has 1 aromatic heterocycles. The predicted molar refractivity (Wildman–Crippen MR) is 81.6 cm³/mol. The van der Waals surface area contributed by atoms with Gasteiger partial charge in [-0.3, -0.25) is 0 Å². The molecule has 1 aliphatic heterocycles. The molecule has 0 saturated heterocycles. The summed E-state index contributed by atoms with van der Waals surface area (Å²) < 4.78 is 11.3. The SMILES string of the molecule is NC1(c2noc(C3CCOc4ccccc43)n2)CCCCC1. The lowest BCUT2D eigenvalue weighted by Crippen LogP contribution is -2.39. The summed E-state index contributed by atoms with van der Waals surface area (Å²) in [7, 11) is 0. The van der Waals surface area contributed by atoms with Crippen molar-refractivity contribution < 1.29 is 9.26 Å². The van der Waals surface area contributed by atoms with E-state index in [4.69, 9.17) is 15.0 Å². The van der Waals surface area contributed by atoms with E-state index in [0.29, 0.717) is 18.3 Å². The number of aromatic nitrogens is 2. The van der Waals surface area contributed by atoms with Crippen LogP contribution < -0.4 is 10.5 Å². The Kier molecular flexibility index (Phi) is 3.37. The highest BCUT2D eigenvalue weighted by molar-refractivity contribution is 5.40. The van der Waals surface area contributed by atoms with Gasteiger partial charge in [-0.25, -0.2) is 0 Å². The first-order valence-corrected chi connectivity index (χ1v) is 8.11. The number of nitrogens with zero attached hydrogens (tertiary/aromatic N) is 2. The first-order chi connectivity index (χ1) is 10.8. The minimum Gasteiger partial charge on any atom is -0.493 e. The maximum absolute atomic E-state index is 6.51. The van der Waals surface area contributed by atoms with Crippen molar-refractivity contribution in [3.63, 3.8) is 0 Å². The minimum absolute atomic E-state index is 0.110. The fourth-order valence-corrected chi connectivity index (χ4v) is 3.58. The number of rotatable bonds is 2. The quantitative estimate of drug-likeness (QED) is 0.922. The van der Waals surface area contributed by atoms with Crippen molar-refractivity contribution in [2.24, 2.45) is 5.73 Å². The molecule has 1 unspecified atom stereocenters. The van der Waals surface area contributed by atoms with Gasteiger partial charge in [-0.05, 0) is 25.3 Å². The molecule has 4 rings (SSSR count). The number of fused-ring (bicyclic) bond motifs is 1. The van der Waals surface area contributed by atoms with Crippen molar-refractivity contribution in [2.75, 3.05) is 6.61 Å². The molecule has 0 amide bonds. The fourth-order valence-electron chi connectivity index (χ4n) is 3.58. The topological polar surface area (TPSA) is 74.2 Å². The Morgan fingerprint density at radius 2 is 1.95 bits per heavy atom. The molecule has 5 nitrogen and oxygen atoms in total. The molecule has 2 aromatic rings. The van der Waals surface area contributed by atoms with Crippen LogP contribution in [0.5, 0.6) is 5.75 Å². The van der Waals surface area contributed by atoms with E-state index in [-0.39, 0.29) is 5.92 Å². The van der Waals surface area contributed by atoms with E-state index < -0.39 is 5.54 Å². The Hall–Kier alpha value is -1.88. The first kappa shape index (κ1) is 13.8. The zero-order valence-electron chi connectivity index (χ0n) is 12.6. The van der Waals surface area contributed by atoms with Crippen LogP contribution >= 0.6 is 0 Å². The van der Waals surface area contributed by atoms with E-state index in [9.17, 15) is 0 Å². The summed E-state index contributed by atoms with van der Waals surface area (Å²) in [4.78, 5) is 4.67. The second kappa shape index (κ2) is 5.39. The summed E-state index contributed by atoms with van der Waals surface area (Å²) in [5.74, 6) is 2.37. The van der Waals surface area contributed by atoms with Gasteiger partial charge in [-0.2, -0.15) is 4.98 Å². The van der Waals surface area contributed by atoms with Gasteiger partial charge in [0, 0.05) is 5.56 Å². The van der Waals surface area contributed by atoms with Gasteiger partial charge in [0.2, 0.25) is 5.89 Å². The molecule has 1 aliphatic carbocycles. The highest BCUT2D eigenvalue weighted by atomic mass is 16.5. The molecule has 2 aliphatic rings. The normalized spacial score (nSPS) is 23.6. The molecule has 1 aromatic carbocycles. The molecule has 22 heavy (non-hydrogen) atoms. The van der Waals surface area contributed by atoms with E-state index in [2.05, 4.69) is 16.2 Å². The zero-order chi connectivity index (χ0) is 15.0. The van der Waals surface area contributed by atoms with Crippen molar-refractivity contribution in [2.45, 2.75) is 50.0 Å². The number of nitrogens with two attached hydrogens (primary N) is 1. The van der Waals surface area contributed by atoms with Crippen LogP contribution in [-0.4, -0.2) is 16.7 Å². The highest BCUT2D eigenvalue weighted by Gasteiger charge is 2.36. The second-order valence-electron chi connectivity index (χ2n) is 6.40. The molecule has 0 radical (unpaired) electrons. The van der Waals surface area contributed by atoms with Gasteiger partial charge in [-0.1, -0.05) is 42.6 Å². The van der Waals surface area contributed by atoms with Crippen LogP contribution in [0.1, 0.15) is 61.7 Å². The van der Waals surface area contributed by atoms with Crippen molar-refractivity contribution in [3.05, 3.63) is 41.5 Å². The van der Waals surface area contributed by atoms with E-state index in [1.165, 1.54) is 6.42 Å². The van der Waals surface area contributed by atoms with Crippen molar-refractivity contribution in [3.8, 4) is 5.75 Å². The van der Waals surface area contributed by atoms with E-state index in [1.807, 2.05) is 18.2 Å². The maximum atomic E-state index is 6.51. The molecule has 1 fully saturated rings. The lowest BCUT2D eigenvalue weighted by Gasteiger charge is -2.29. The van der Waals surface area contributed by atoms with Gasteiger partial charge < -0.3 is 15.0 Å². The third-order valence-corrected chi connectivity index (χ3v) is 4.89. The Balaban J connectivity index is 1.65.